The second kappa shape index (κ2) is 6.55. The summed E-state index contributed by atoms with van der Waals surface area (Å²) in [6.45, 7) is 3.56. The van der Waals surface area contributed by atoms with Gasteiger partial charge in [0.2, 0.25) is 0 Å². The number of aromatic nitrogens is 3. The van der Waals surface area contributed by atoms with Gasteiger partial charge in [-0.3, -0.25) is 9.78 Å². The van der Waals surface area contributed by atoms with E-state index >= 15 is 0 Å². The summed E-state index contributed by atoms with van der Waals surface area (Å²) in [6, 6.07) is 6.03. The van der Waals surface area contributed by atoms with Gasteiger partial charge >= 0.3 is 0 Å². The summed E-state index contributed by atoms with van der Waals surface area (Å²) in [5.74, 6) is 1.02. The third kappa shape index (κ3) is 2.95. The van der Waals surface area contributed by atoms with E-state index in [1.807, 2.05) is 23.2 Å². The molecule has 25 heavy (non-hydrogen) atoms. The standard InChI is InChI=1S/C19H20N4O2/c1-14-12-21-18(15-2-7-20-8-3-15)23(14)17-4-9-22(10-5-17)19(24)16-6-11-25-13-16/h2-3,6-8,11-13,17H,4-5,9-10H2,1H3. The van der Waals surface area contributed by atoms with Crippen LogP contribution in [0.4, 0.5) is 0 Å². The fraction of sp³-hybridized carbons (Fsp3) is 0.316. The smallest absolute Gasteiger partial charge is 0.257 e. The van der Waals surface area contributed by atoms with Gasteiger partial charge in [-0.25, -0.2) is 4.98 Å². The molecule has 1 aliphatic heterocycles. The molecule has 0 spiro atoms. The van der Waals surface area contributed by atoms with Crippen molar-refractivity contribution in [1.29, 1.82) is 0 Å². The molecule has 0 saturated carbocycles. The van der Waals surface area contributed by atoms with Crippen LogP contribution in [0.3, 0.4) is 0 Å². The number of imidazole rings is 1. The second-order valence-electron chi connectivity index (χ2n) is 6.36. The zero-order valence-corrected chi connectivity index (χ0v) is 14.1. The van der Waals surface area contributed by atoms with E-state index < -0.39 is 0 Å². The minimum atomic E-state index is 0.0453. The molecule has 0 radical (unpaired) electrons. The van der Waals surface area contributed by atoms with Crippen LogP contribution >= 0.6 is 0 Å². The van der Waals surface area contributed by atoms with Crippen LogP contribution in [-0.2, 0) is 0 Å². The predicted molar refractivity (Wildman–Crippen MR) is 93.1 cm³/mol. The van der Waals surface area contributed by atoms with Gasteiger partial charge in [-0.15, -0.1) is 0 Å². The van der Waals surface area contributed by atoms with Gasteiger partial charge in [-0.05, 0) is 38.0 Å². The fourth-order valence-corrected chi connectivity index (χ4v) is 3.52. The summed E-state index contributed by atoms with van der Waals surface area (Å²) < 4.78 is 7.32. The topological polar surface area (TPSA) is 64.2 Å². The molecule has 128 valence electrons. The highest BCUT2D eigenvalue weighted by Crippen LogP contribution is 2.30. The average molecular weight is 336 g/mol. The van der Waals surface area contributed by atoms with Crippen LogP contribution < -0.4 is 0 Å². The molecule has 1 amide bonds. The van der Waals surface area contributed by atoms with E-state index in [0.717, 1.165) is 43.0 Å². The molecule has 6 nitrogen and oxygen atoms in total. The van der Waals surface area contributed by atoms with Crippen molar-refractivity contribution < 1.29 is 9.21 Å². The SMILES string of the molecule is Cc1cnc(-c2ccncc2)n1C1CCN(C(=O)c2ccoc2)CC1. The van der Waals surface area contributed by atoms with Crippen LogP contribution in [0.1, 0.15) is 34.9 Å². The number of hydrogen-bond acceptors (Lipinski definition) is 4. The van der Waals surface area contributed by atoms with E-state index in [1.54, 1.807) is 18.5 Å². The molecule has 0 aliphatic carbocycles. The molecule has 1 fully saturated rings. The van der Waals surface area contributed by atoms with Crippen LogP contribution in [-0.4, -0.2) is 38.4 Å². The number of carbonyl (C=O) groups excluding carboxylic acids is 1. The number of furan rings is 1. The van der Waals surface area contributed by atoms with Gasteiger partial charge in [0, 0.05) is 49.0 Å². The van der Waals surface area contributed by atoms with Crippen molar-refractivity contribution in [2.75, 3.05) is 13.1 Å². The monoisotopic (exact) mass is 336 g/mol. The highest BCUT2D eigenvalue weighted by molar-refractivity contribution is 5.93. The summed E-state index contributed by atoms with van der Waals surface area (Å²) in [5, 5.41) is 0. The van der Waals surface area contributed by atoms with Gasteiger partial charge < -0.3 is 13.9 Å². The van der Waals surface area contributed by atoms with Crippen LogP contribution in [0.15, 0.2) is 53.7 Å². The number of pyridine rings is 1. The van der Waals surface area contributed by atoms with Gasteiger partial charge in [-0.1, -0.05) is 0 Å². The highest BCUT2D eigenvalue weighted by atomic mass is 16.3. The molecule has 0 N–H and O–H groups in total. The van der Waals surface area contributed by atoms with Crippen molar-refractivity contribution in [2.45, 2.75) is 25.8 Å². The highest BCUT2D eigenvalue weighted by Gasteiger charge is 2.27. The molecule has 1 aliphatic rings. The maximum Gasteiger partial charge on any atom is 0.257 e. The number of hydrogen-bond donors (Lipinski definition) is 0. The van der Waals surface area contributed by atoms with Gasteiger partial charge in [-0.2, -0.15) is 0 Å². The van der Waals surface area contributed by atoms with Crippen LogP contribution in [0.2, 0.25) is 0 Å². The van der Waals surface area contributed by atoms with E-state index in [9.17, 15) is 4.79 Å². The van der Waals surface area contributed by atoms with Crippen molar-refractivity contribution in [3.8, 4) is 11.4 Å². The molecule has 0 unspecified atom stereocenters. The Morgan fingerprint density at radius 3 is 2.64 bits per heavy atom. The summed E-state index contributed by atoms with van der Waals surface area (Å²) in [6.07, 6.45) is 10.4. The Labute approximate surface area is 146 Å². The van der Waals surface area contributed by atoms with Crippen molar-refractivity contribution in [3.63, 3.8) is 0 Å². The lowest BCUT2D eigenvalue weighted by molar-refractivity contribution is 0.0694. The number of carbonyl (C=O) groups is 1. The Morgan fingerprint density at radius 1 is 1.20 bits per heavy atom. The Bertz CT molecular complexity index is 847. The fourth-order valence-electron chi connectivity index (χ4n) is 3.52. The minimum absolute atomic E-state index is 0.0453. The second-order valence-corrected chi connectivity index (χ2v) is 6.36. The first-order valence-corrected chi connectivity index (χ1v) is 8.50. The van der Waals surface area contributed by atoms with E-state index in [4.69, 9.17) is 4.42 Å². The van der Waals surface area contributed by atoms with Gasteiger partial charge in [0.25, 0.3) is 5.91 Å². The number of aryl methyl sites for hydroxylation is 1. The minimum Gasteiger partial charge on any atom is -0.472 e. The quantitative estimate of drug-likeness (QED) is 0.736. The molecule has 1 saturated heterocycles. The number of likely N-dealkylation sites (tertiary alicyclic amines) is 1. The van der Waals surface area contributed by atoms with E-state index in [1.165, 1.54) is 12.5 Å². The Hall–Kier alpha value is -2.89. The number of amides is 1. The third-order valence-electron chi connectivity index (χ3n) is 4.81. The van der Waals surface area contributed by atoms with Gasteiger partial charge in [0.05, 0.1) is 11.8 Å². The molecule has 6 heteroatoms. The lowest BCUT2D eigenvalue weighted by Gasteiger charge is -2.33. The first-order valence-electron chi connectivity index (χ1n) is 8.50. The normalized spacial score (nSPS) is 15.5. The Morgan fingerprint density at radius 2 is 1.96 bits per heavy atom. The van der Waals surface area contributed by atoms with Crippen molar-refractivity contribution >= 4 is 5.91 Å². The molecule has 3 aromatic heterocycles. The third-order valence-corrected chi connectivity index (χ3v) is 4.81. The number of piperidine rings is 1. The molecule has 0 aromatic carbocycles. The Balaban J connectivity index is 1.52. The summed E-state index contributed by atoms with van der Waals surface area (Å²) >= 11 is 0. The lowest BCUT2D eigenvalue weighted by atomic mass is 10.0. The van der Waals surface area contributed by atoms with Gasteiger partial charge in [0.1, 0.15) is 12.1 Å². The van der Waals surface area contributed by atoms with E-state index in [2.05, 4.69) is 21.5 Å². The molecule has 3 aromatic rings. The summed E-state index contributed by atoms with van der Waals surface area (Å²) in [7, 11) is 0. The molecular formula is C19H20N4O2. The van der Waals surface area contributed by atoms with Crippen molar-refractivity contribution in [1.82, 2.24) is 19.4 Å². The molecule has 4 heterocycles. The average Bonchev–Trinajstić information content (AvgIpc) is 3.32. The maximum atomic E-state index is 12.4. The predicted octanol–water partition coefficient (Wildman–Crippen LogP) is 3.32. The molecular weight excluding hydrogens is 316 g/mol. The summed E-state index contributed by atoms with van der Waals surface area (Å²) in [4.78, 5) is 23.0. The zero-order valence-electron chi connectivity index (χ0n) is 14.1. The first kappa shape index (κ1) is 15.6. The molecule has 4 rings (SSSR count). The van der Waals surface area contributed by atoms with Crippen LogP contribution in [0.25, 0.3) is 11.4 Å². The number of rotatable bonds is 3. The van der Waals surface area contributed by atoms with Gasteiger partial charge in [0.15, 0.2) is 0 Å². The first-order chi connectivity index (χ1) is 12.2. The zero-order chi connectivity index (χ0) is 17.2. The number of nitrogens with zero attached hydrogens (tertiary/aromatic N) is 4. The lowest BCUT2D eigenvalue weighted by Crippen LogP contribution is -2.39. The molecule has 0 bridgehead atoms. The largest absolute Gasteiger partial charge is 0.472 e. The maximum absolute atomic E-state index is 12.4. The van der Waals surface area contributed by atoms with Crippen LogP contribution in [0, 0.1) is 6.92 Å². The van der Waals surface area contributed by atoms with E-state index in [-0.39, 0.29) is 5.91 Å². The van der Waals surface area contributed by atoms with Crippen molar-refractivity contribution in [3.05, 3.63) is 60.6 Å². The summed E-state index contributed by atoms with van der Waals surface area (Å²) in [5.41, 5.74) is 2.83. The van der Waals surface area contributed by atoms with Crippen molar-refractivity contribution in [2.24, 2.45) is 0 Å². The van der Waals surface area contributed by atoms with E-state index in [0.29, 0.717) is 11.6 Å². The Kier molecular flexibility index (Phi) is 4.09. The molecule has 0 atom stereocenters. The van der Waals surface area contributed by atoms with Crippen LogP contribution in [0.5, 0.6) is 0 Å².